The molecule has 5 heteroatoms. The maximum atomic E-state index is 12.0. The first kappa shape index (κ1) is 14.4. The summed E-state index contributed by atoms with van der Waals surface area (Å²) in [6, 6.07) is 7.34. The average molecular weight is 305 g/mol. The van der Waals surface area contributed by atoms with E-state index in [9.17, 15) is 9.90 Å². The quantitative estimate of drug-likeness (QED) is 0.891. The predicted molar refractivity (Wildman–Crippen MR) is 80.9 cm³/mol. The zero-order valence-corrected chi connectivity index (χ0v) is 12.6. The third kappa shape index (κ3) is 3.36. The van der Waals surface area contributed by atoms with Crippen LogP contribution in [0.2, 0.25) is 0 Å². The van der Waals surface area contributed by atoms with E-state index in [1.54, 1.807) is 18.4 Å². The van der Waals surface area contributed by atoms with Crippen LogP contribution in [-0.2, 0) is 11.3 Å². The fourth-order valence-corrected chi connectivity index (χ4v) is 3.68. The molecule has 112 valence electrons. The number of aliphatic hydroxyl groups is 1. The Kier molecular flexibility index (Phi) is 4.41. The van der Waals surface area contributed by atoms with E-state index in [4.69, 9.17) is 4.42 Å². The molecule has 21 heavy (non-hydrogen) atoms. The molecule has 0 radical (unpaired) electrons. The van der Waals surface area contributed by atoms with Gasteiger partial charge in [-0.1, -0.05) is 12.8 Å². The number of nitrogens with one attached hydrogen (secondary N) is 1. The summed E-state index contributed by atoms with van der Waals surface area (Å²) in [5.41, 5.74) is 0. The molecule has 1 fully saturated rings. The maximum Gasteiger partial charge on any atom is 0.223 e. The SMILES string of the molecule is O=C(NCc1ccc(C(O)c2ccco2)s1)C1CCCC1. The van der Waals surface area contributed by atoms with Crippen LogP contribution in [0.15, 0.2) is 34.9 Å². The Morgan fingerprint density at radius 3 is 2.90 bits per heavy atom. The number of thiophene rings is 1. The number of carbonyl (C=O) groups is 1. The van der Waals surface area contributed by atoms with Gasteiger partial charge in [-0.15, -0.1) is 11.3 Å². The number of hydrogen-bond donors (Lipinski definition) is 2. The van der Waals surface area contributed by atoms with Crippen LogP contribution in [0.5, 0.6) is 0 Å². The summed E-state index contributed by atoms with van der Waals surface area (Å²) in [5.74, 6) is 0.894. The molecule has 4 nitrogen and oxygen atoms in total. The van der Waals surface area contributed by atoms with Crippen LogP contribution >= 0.6 is 11.3 Å². The first-order chi connectivity index (χ1) is 10.2. The van der Waals surface area contributed by atoms with E-state index in [2.05, 4.69) is 5.32 Å². The Morgan fingerprint density at radius 2 is 2.19 bits per heavy atom. The highest BCUT2D eigenvalue weighted by molar-refractivity contribution is 7.12. The summed E-state index contributed by atoms with van der Waals surface area (Å²) in [6.45, 7) is 0.533. The Balaban J connectivity index is 1.56. The largest absolute Gasteiger partial charge is 0.466 e. The Hall–Kier alpha value is -1.59. The summed E-state index contributed by atoms with van der Waals surface area (Å²) in [6.07, 6.45) is 5.17. The fourth-order valence-electron chi connectivity index (χ4n) is 2.73. The molecular formula is C16H19NO3S. The van der Waals surface area contributed by atoms with Gasteiger partial charge >= 0.3 is 0 Å². The lowest BCUT2D eigenvalue weighted by Gasteiger charge is -2.09. The first-order valence-electron chi connectivity index (χ1n) is 7.32. The normalized spacial score (nSPS) is 17.0. The number of furan rings is 1. The summed E-state index contributed by atoms with van der Waals surface area (Å²) in [7, 11) is 0. The van der Waals surface area contributed by atoms with Crippen LogP contribution in [-0.4, -0.2) is 11.0 Å². The monoisotopic (exact) mass is 305 g/mol. The summed E-state index contributed by atoms with van der Waals surface area (Å²) in [5, 5.41) is 13.2. The van der Waals surface area contributed by atoms with E-state index in [0.717, 1.165) is 35.4 Å². The minimum absolute atomic E-state index is 0.161. The summed E-state index contributed by atoms with van der Waals surface area (Å²) >= 11 is 1.50. The molecule has 1 unspecified atom stereocenters. The minimum Gasteiger partial charge on any atom is -0.466 e. The van der Waals surface area contributed by atoms with Crippen molar-refractivity contribution in [1.29, 1.82) is 0 Å². The van der Waals surface area contributed by atoms with Crippen LogP contribution in [0.1, 0.15) is 47.3 Å². The molecule has 0 bridgehead atoms. The van der Waals surface area contributed by atoms with Crippen molar-refractivity contribution >= 4 is 17.2 Å². The molecule has 0 aliphatic heterocycles. The third-order valence-corrected chi connectivity index (χ3v) is 5.07. The number of carbonyl (C=O) groups excluding carboxylic acids is 1. The van der Waals surface area contributed by atoms with Gasteiger partial charge in [-0.2, -0.15) is 0 Å². The standard InChI is InChI=1S/C16H19NO3S/c18-15(13-6-3-9-20-13)14-8-7-12(21-14)10-17-16(19)11-4-1-2-5-11/h3,6-9,11,15,18H,1-2,4-5,10H2,(H,17,19). The molecule has 1 aliphatic carbocycles. The van der Waals surface area contributed by atoms with Gasteiger partial charge in [0.1, 0.15) is 11.9 Å². The van der Waals surface area contributed by atoms with E-state index in [-0.39, 0.29) is 11.8 Å². The second kappa shape index (κ2) is 6.45. The zero-order chi connectivity index (χ0) is 14.7. The van der Waals surface area contributed by atoms with Gasteiger partial charge < -0.3 is 14.8 Å². The first-order valence-corrected chi connectivity index (χ1v) is 8.13. The molecule has 0 saturated heterocycles. The molecule has 2 aromatic rings. The minimum atomic E-state index is -0.732. The van der Waals surface area contributed by atoms with Crippen LogP contribution < -0.4 is 5.32 Å². The highest BCUT2D eigenvalue weighted by Crippen LogP contribution is 2.29. The maximum absolute atomic E-state index is 12.0. The smallest absolute Gasteiger partial charge is 0.223 e. The van der Waals surface area contributed by atoms with Gasteiger partial charge in [0.2, 0.25) is 5.91 Å². The summed E-state index contributed by atoms with van der Waals surface area (Å²) < 4.78 is 5.21. The van der Waals surface area contributed by atoms with Crippen molar-refractivity contribution in [2.75, 3.05) is 0 Å². The van der Waals surface area contributed by atoms with Crippen LogP contribution in [0.4, 0.5) is 0 Å². The molecule has 1 aliphatic rings. The van der Waals surface area contributed by atoms with E-state index in [1.165, 1.54) is 11.3 Å². The van der Waals surface area contributed by atoms with Crippen LogP contribution in [0.3, 0.4) is 0 Å². The van der Waals surface area contributed by atoms with Gasteiger partial charge in [-0.3, -0.25) is 4.79 Å². The lowest BCUT2D eigenvalue weighted by molar-refractivity contribution is -0.124. The zero-order valence-electron chi connectivity index (χ0n) is 11.7. The Bertz CT molecular complexity index is 584. The van der Waals surface area contributed by atoms with E-state index in [1.807, 2.05) is 12.1 Å². The molecule has 0 spiro atoms. The second-order valence-electron chi connectivity index (χ2n) is 5.42. The van der Waals surface area contributed by atoms with Crippen molar-refractivity contribution in [2.24, 2.45) is 5.92 Å². The second-order valence-corrected chi connectivity index (χ2v) is 6.62. The van der Waals surface area contributed by atoms with Crippen molar-refractivity contribution in [3.8, 4) is 0 Å². The van der Waals surface area contributed by atoms with E-state index < -0.39 is 6.10 Å². The highest BCUT2D eigenvalue weighted by Gasteiger charge is 2.22. The topological polar surface area (TPSA) is 62.5 Å². The fraction of sp³-hybridized carbons (Fsp3) is 0.438. The molecular weight excluding hydrogens is 286 g/mol. The van der Waals surface area contributed by atoms with Gasteiger partial charge in [-0.05, 0) is 37.1 Å². The highest BCUT2D eigenvalue weighted by atomic mass is 32.1. The Labute approximate surface area is 127 Å². The molecule has 2 aromatic heterocycles. The van der Waals surface area contributed by atoms with Crippen molar-refractivity contribution in [3.63, 3.8) is 0 Å². The number of aliphatic hydroxyl groups excluding tert-OH is 1. The molecule has 0 aromatic carbocycles. The van der Waals surface area contributed by atoms with Crippen molar-refractivity contribution in [2.45, 2.75) is 38.3 Å². The number of amides is 1. The van der Waals surface area contributed by atoms with Crippen molar-refractivity contribution < 1.29 is 14.3 Å². The third-order valence-electron chi connectivity index (χ3n) is 3.93. The van der Waals surface area contributed by atoms with Crippen LogP contribution in [0.25, 0.3) is 0 Å². The van der Waals surface area contributed by atoms with Gasteiger partial charge in [0.25, 0.3) is 0 Å². The van der Waals surface area contributed by atoms with E-state index in [0.29, 0.717) is 12.3 Å². The van der Waals surface area contributed by atoms with E-state index >= 15 is 0 Å². The predicted octanol–water partition coefficient (Wildman–Crippen LogP) is 3.23. The van der Waals surface area contributed by atoms with Gasteiger partial charge in [-0.25, -0.2) is 0 Å². The van der Waals surface area contributed by atoms with Crippen LogP contribution in [0, 0.1) is 5.92 Å². The van der Waals surface area contributed by atoms with Gasteiger partial charge in [0.05, 0.1) is 12.8 Å². The van der Waals surface area contributed by atoms with Crippen molar-refractivity contribution in [3.05, 3.63) is 46.0 Å². The summed E-state index contributed by atoms with van der Waals surface area (Å²) in [4.78, 5) is 13.8. The lowest BCUT2D eigenvalue weighted by atomic mass is 10.1. The number of hydrogen-bond acceptors (Lipinski definition) is 4. The molecule has 2 heterocycles. The number of rotatable bonds is 5. The average Bonchev–Trinajstić information content (AvgIpc) is 3.26. The molecule has 3 rings (SSSR count). The molecule has 2 N–H and O–H groups in total. The van der Waals surface area contributed by atoms with Gasteiger partial charge in [0, 0.05) is 15.7 Å². The molecule has 1 amide bonds. The Morgan fingerprint density at radius 1 is 1.38 bits per heavy atom. The molecule has 1 saturated carbocycles. The molecule has 1 atom stereocenters. The lowest BCUT2D eigenvalue weighted by Crippen LogP contribution is -2.28. The van der Waals surface area contributed by atoms with Crippen molar-refractivity contribution in [1.82, 2.24) is 5.32 Å². The van der Waals surface area contributed by atoms with Gasteiger partial charge in [0.15, 0.2) is 0 Å².